The summed E-state index contributed by atoms with van der Waals surface area (Å²) in [6, 6.07) is 11.6. The number of ketones is 1. The van der Waals surface area contributed by atoms with Gasteiger partial charge in [-0.1, -0.05) is 24.3 Å². The normalized spacial score (nSPS) is 11.3. The lowest BCUT2D eigenvalue weighted by molar-refractivity contribution is -0.137. The van der Waals surface area contributed by atoms with Gasteiger partial charge in [-0.05, 0) is 49.6 Å². The van der Waals surface area contributed by atoms with E-state index in [0.717, 1.165) is 11.1 Å². The molecule has 4 amide bonds. The molecule has 1 atom stereocenters. The van der Waals surface area contributed by atoms with Crippen molar-refractivity contribution >= 4 is 35.2 Å². The number of aryl methyl sites for hydroxylation is 2. The number of aliphatic carboxylic acids is 1. The van der Waals surface area contributed by atoms with Crippen LogP contribution in [0.1, 0.15) is 30.9 Å². The molecule has 11 heteroatoms. The number of carbonyl (C=O) groups excluding carboxylic acids is 3. The van der Waals surface area contributed by atoms with Crippen LogP contribution < -0.4 is 26.0 Å². The number of anilines is 2. The van der Waals surface area contributed by atoms with Gasteiger partial charge < -0.3 is 36.0 Å². The van der Waals surface area contributed by atoms with Gasteiger partial charge in [-0.2, -0.15) is 0 Å². The maximum Gasteiger partial charge on any atom is 0.323 e. The van der Waals surface area contributed by atoms with E-state index >= 15 is 0 Å². The number of para-hydroxylation sites is 1. The van der Waals surface area contributed by atoms with Crippen molar-refractivity contribution in [2.24, 2.45) is 0 Å². The summed E-state index contributed by atoms with van der Waals surface area (Å²) in [6.07, 6.45) is 0.677. The number of ether oxygens (including phenoxy) is 1. The Labute approximate surface area is 222 Å². The van der Waals surface area contributed by atoms with E-state index in [9.17, 15) is 19.2 Å². The second kappa shape index (κ2) is 15.2. The summed E-state index contributed by atoms with van der Waals surface area (Å²) >= 11 is 0. The number of rotatable bonds is 14. The molecule has 2 rings (SSSR count). The van der Waals surface area contributed by atoms with Crippen molar-refractivity contribution in [3.8, 4) is 5.75 Å². The van der Waals surface area contributed by atoms with Crippen LogP contribution in [0.2, 0.25) is 0 Å². The van der Waals surface area contributed by atoms with Crippen LogP contribution in [0.25, 0.3) is 0 Å². The van der Waals surface area contributed by atoms with Crippen LogP contribution in [-0.4, -0.2) is 73.7 Å². The topological polar surface area (TPSA) is 149 Å². The van der Waals surface area contributed by atoms with Crippen molar-refractivity contribution in [2.45, 2.75) is 39.2 Å². The molecule has 0 aromatic heterocycles. The summed E-state index contributed by atoms with van der Waals surface area (Å²) in [5, 5.41) is 20.0. The first-order valence-corrected chi connectivity index (χ1v) is 12.4. The van der Waals surface area contributed by atoms with Crippen LogP contribution in [-0.2, 0) is 16.0 Å². The highest BCUT2D eigenvalue weighted by molar-refractivity contribution is 6.01. The molecule has 0 bridgehead atoms. The van der Waals surface area contributed by atoms with E-state index in [1.807, 2.05) is 37.3 Å². The number of benzene rings is 2. The number of urea groups is 2. The van der Waals surface area contributed by atoms with Crippen LogP contribution in [0.4, 0.5) is 21.0 Å². The summed E-state index contributed by atoms with van der Waals surface area (Å²) < 4.78 is 5.43. The number of hydrogen-bond donors (Lipinski definition) is 5. The first kappa shape index (κ1) is 30.1. The average Bonchev–Trinajstić information content (AvgIpc) is 2.86. The molecule has 5 N–H and O–H groups in total. The van der Waals surface area contributed by atoms with Crippen molar-refractivity contribution in [3.05, 3.63) is 53.6 Å². The molecule has 0 aliphatic heterocycles. The number of likely N-dealkylation sites (N-methyl/N-ethyl adjacent to an activating group) is 1. The average molecular weight is 528 g/mol. The van der Waals surface area contributed by atoms with Gasteiger partial charge in [-0.3, -0.25) is 9.59 Å². The largest absolute Gasteiger partial charge is 0.495 e. The Hall–Kier alpha value is -4.12. The Kier molecular flexibility index (Phi) is 12.0. The number of amides is 4. The highest BCUT2D eigenvalue weighted by Crippen LogP contribution is 2.26. The fourth-order valence-electron chi connectivity index (χ4n) is 3.57. The SMILES string of the molecule is COc1cc(CCC(=O)CNCCN(C)C(=O)NC(C)CC(=O)O)ccc1NC(=O)Nc1ccccc1C. The number of nitrogens with one attached hydrogen (secondary N) is 4. The van der Waals surface area contributed by atoms with Crippen LogP contribution in [0.5, 0.6) is 5.75 Å². The Morgan fingerprint density at radius 2 is 1.76 bits per heavy atom. The predicted octanol–water partition coefficient (Wildman–Crippen LogP) is 3.24. The lowest BCUT2D eigenvalue weighted by Crippen LogP contribution is -2.45. The second-order valence-corrected chi connectivity index (χ2v) is 9.01. The number of carboxylic acid groups (broad SMARTS) is 1. The third-order valence-electron chi connectivity index (χ3n) is 5.74. The third kappa shape index (κ3) is 10.5. The first-order valence-electron chi connectivity index (χ1n) is 12.4. The van der Waals surface area contributed by atoms with Gasteiger partial charge in [-0.15, -0.1) is 0 Å². The van der Waals surface area contributed by atoms with E-state index < -0.39 is 12.0 Å². The first-order chi connectivity index (χ1) is 18.1. The van der Waals surface area contributed by atoms with Crippen molar-refractivity contribution in [3.63, 3.8) is 0 Å². The number of Topliss-reactive ketones (excluding diaryl/α,β-unsaturated/α-hetero) is 1. The minimum Gasteiger partial charge on any atom is -0.495 e. The monoisotopic (exact) mass is 527 g/mol. The van der Waals surface area contributed by atoms with Gasteiger partial charge in [0.1, 0.15) is 11.5 Å². The molecule has 0 heterocycles. The van der Waals surface area contributed by atoms with Gasteiger partial charge in [0.05, 0.1) is 25.8 Å². The number of methoxy groups -OCH3 is 1. The van der Waals surface area contributed by atoms with Gasteiger partial charge in [0.2, 0.25) is 0 Å². The predicted molar refractivity (Wildman–Crippen MR) is 146 cm³/mol. The lowest BCUT2D eigenvalue weighted by atomic mass is 10.1. The maximum atomic E-state index is 12.4. The summed E-state index contributed by atoms with van der Waals surface area (Å²) in [7, 11) is 3.12. The van der Waals surface area contributed by atoms with E-state index in [1.165, 1.54) is 12.0 Å². The van der Waals surface area contributed by atoms with E-state index in [4.69, 9.17) is 9.84 Å². The van der Waals surface area contributed by atoms with Gasteiger partial charge in [0.15, 0.2) is 0 Å². The molecule has 2 aromatic rings. The maximum absolute atomic E-state index is 12.4. The van der Waals surface area contributed by atoms with Gasteiger partial charge in [-0.25, -0.2) is 9.59 Å². The number of nitrogens with zero attached hydrogens (tertiary/aromatic N) is 1. The second-order valence-electron chi connectivity index (χ2n) is 9.01. The quantitative estimate of drug-likeness (QED) is 0.237. The number of hydrogen-bond acceptors (Lipinski definition) is 6. The Morgan fingerprint density at radius 3 is 2.45 bits per heavy atom. The Morgan fingerprint density at radius 1 is 1.05 bits per heavy atom. The van der Waals surface area contributed by atoms with E-state index in [2.05, 4.69) is 21.3 Å². The smallest absolute Gasteiger partial charge is 0.323 e. The van der Waals surface area contributed by atoms with Crippen LogP contribution in [0.15, 0.2) is 42.5 Å². The Balaban J connectivity index is 1.74. The standard InChI is InChI=1S/C27H37N5O6/c1-18-7-5-6-8-22(18)30-26(36)31-23-12-10-20(16-24(23)38-4)9-11-21(33)17-28-13-14-32(3)27(37)29-19(2)15-25(34)35/h5-8,10,12,16,19,28H,9,11,13-15,17H2,1-4H3,(H,29,37)(H,34,35)(H2,30,31,36). The summed E-state index contributed by atoms with van der Waals surface area (Å²) in [5.41, 5.74) is 3.07. The Bertz CT molecular complexity index is 1120. The molecule has 206 valence electrons. The van der Waals surface area contributed by atoms with Crippen LogP contribution in [0.3, 0.4) is 0 Å². The van der Waals surface area contributed by atoms with Crippen molar-refractivity contribution in [1.82, 2.24) is 15.5 Å². The van der Waals surface area contributed by atoms with Gasteiger partial charge >= 0.3 is 18.0 Å². The molecular weight excluding hydrogens is 490 g/mol. The van der Waals surface area contributed by atoms with Gasteiger partial charge in [0.25, 0.3) is 0 Å². The van der Waals surface area contributed by atoms with E-state index in [0.29, 0.717) is 43.1 Å². The van der Waals surface area contributed by atoms with Crippen molar-refractivity contribution < 1.29 is 29.0 Å². The third-order valence-corrected chi connectivity index (χ3v) is 5.74. The van der Waals surface area contributed by atoms with E-state index in [1.54, 1.807) is 26.1 Å². The van der Waals surface area contributed by atoms with Crippen LogP contribution >= 0.6 is 0 Å². The molecule has 0 radical (unpaired) electrons. The molecule has 38 heavy (non-hydrogen) atoms. The molecule has 0 aliphatic rings. The minimum atomic E-state index is -0.979. The molecular formula is C27H37N5O6. The molecule has 2 aromatic carbocycles. The fourth-order valence-corrected chi connectivity index (χ4v) is 3.57. The zero-order chi connectivity index (χ0) is 28.1. The molecule has 0 spiro atoms. The van der Waals surface area contributed by atoms with Crippen molar-refractivity contribution in [1.29, 1.82) is 0 Å². The highest BCUT2D eigenvalue weighted by Gasteiger charge is 2.14. The lowest BCUT2D eigenvalue weighted by Gasteiger charge is -2.20. The van der Waals surface area contributed by atoms with Gasteiger partial charge in [0, 0.05) is 38.3 Å². The van der Waals surface area contributed by atoms with E-state index in [-0.39, 0.29) is 30.8 Å². The van der Waals surface area contributed by atoms with Crippen molar-refractivity contribution in [2.75, 3.05) is 44.4 Å². The number of carbonyl (C=O) groups is 4. The molecule has 0 aliphatic carbocycles. The molecule has 0 fully saturated rings. The summed E-state index contributed by atoms with van der Waals surface area (Å²) in [6.45, 7) is 4.48. The molecule has 0 saturated heterocycles. The number of carboxylic acids is 1. The molecule has 0 saturated carbocycles. The molecule has 11 nitrogen and oxygen atoms in total. The summed E-state index contributed by atoms with van der Waals surface area (Å²) in [4.78, 5) is 48.9. The van der Waals surface area contributed by atoms with Crippen LogP contribution in [0, 0.1) is 6.92 Å². The zero-order valence-corrected chi connectivity index (χ0v) is 22.3. The minimum absolute atomic E-state index is 0.0194. The highest BCUT2D eigenvalue weighted by atomic mass is 16.5. The zero-order valence-electron chi connectivity index (χ0n) is 22.3. The fraction of sp³-hybridized carbons (Fsp3) is 0.407. The molecule has 1 unspecified atom stereocenters. The summed E-state index contributed by atoms with van der Waals surface area (Å²) in [5.74, 6) is -0.467.